The highest BCUT2D eigenvalue weighted by Crippen LogP contribution is 2.27. The molecule has 1 amide bonds. The largest absolute Gasteiger partial charge is 0.493 e. The summed E-state index contributed by atoms with van der Waals surface area (Å²) >= 11 is 0. The van der Waals surface area contributed by atoms with Gasteiger partial charge >= 0.3 is 5.97 Å². The maximum atomic E-state index is 11.3. The van der Waals surface area contributed by atoms with Gasteiger partial charge in [0.1, 0.15) is 6.54 Å². The lowest BCUT2D eigenvalue weighted by Crippen LogP contribution is -2.36. The Labute approximate surface area is 123 Å². The molecule has 1 rings (SSSR count). The van der Waals surface area contributed by atoms with Gasteiger partial charge in [-0.25, -0.2) is 0 Å². The lowest BCUT2D eigenvalue weighted by atomic mass is 10.2. The summed E-state index contributed by atoms with van der Waals surface area (Å²) in [5.74, 6) is -0.135. The molecule has 0 aliphatic heterocycles. The van der Waals surface area contributed by atoms with Crippen LogP contribution in [0.3, 0.4) is 0 Å². The molecule has 0 saturated carbocycles. The van der Waals surface area contributed by atoms with Gasteiger partial charge in [0.15, 0.2) is 11.5 Å². The second-order valence-corrected chi connectivity index (χ2v) is 4.19. The second kappa shape index (κ2) is 8.80. The monoisotopic (exact) mass is 296 g/mol. The Morgan fingerprint density at radius 3 is 2.62 bits per heavy atom. The van der Waals surface area contributed by atoms with Crippen molar-refractivity contribution in [1.82, 2.24) is 10.6 Å². The number of amides is 1. The molecular weight excluding hydrogens is 276 g/mol. The van der Waals surface area contributed by atoms with Gasteiger partial charge in [-0.05, 0) is 24.6 Å². The highest BCUT2D eigenvalue weighted by molar-refractivity contribution is 5.82. The standard InChI is InChI=1S/C14H20N2O5/c1-3-21-11-5-4-10(6-12(11)20-2)7-15-8-13(17)16-9-14(18)19/h4-6,15H,3,7-9H2,1-2H3,(H,16,17)(H,18,19). The molecule has 0 aliphatic rings. The van der Waals surface area contributed by atoms with Crippen LogP contribution in [-0.2, 0) is 16.1 Å². The van der Waals surface area contributed by atoms with Gasteiger partial charge in [-0.2, -0.15) is 0 Å². The molecule has 0 saturated heterocycles. The molecule has 0 atom stereocenters. The predicted molar refractivity (Wildman–Crippen MR) is 76.5 cm³/mol. The Kier molecular flexibility index (Phi) is 7.03. The molecule has 7 heteroatoms. The number of hydrogen-bond donors (Lipinski definition) is 3. The molecule has 21 heavy (non-hydrogen) atoms. The van der Waals surface area contributed by atoms with Crippen LogP contribution in [0.5, 0.6) is 11.5 Å². The second-order valence-electron chi connectivity index (χ2n) is 4.19. The van der Waals surface area contributed by atoms with Crippen molar-refractivity contribution in [3.63, 3.8) is 0 Å². The molecule has 0 aromatic heterocycles. The van der Waals surface area contributed by atoms with E-state index in [0.29, 0.717) is 24.7 Å². The molecule has 0 unspecified atom stereocenters. The first-order valence-corrected chi connectivity index (χ1v) is 6.55. The van der Waals surface area contributed by atoms with Crippen LogP contribution >= 0.6 is 0 Å². The van der Waals surface area contributed by atoms with Gasteiger partial charge in [-0.15, -0.1) is 0 Å². The van der Waals surface area contributed by atoms with Crippen molar-refractivity contribution in [3.8, 4) is 11.5 Å². The summed E-state index contributed by atoms with van der Waals surface area (Å²) in [6.45, 7) is 2.58. The normalized spacial score (nSPS) is 10.0. The van der Waals surface area contributed by atoms with E-state index in [-0.39, 0.29) is 19.0 Å². The zero-order valence-corrected chi connectivity index (χ0v) is 12.1. The first-order valence-electron chi connectivity index (χ1n) is 6.55. The Hall–Kier alpha value is -2.28. The number of ether oxygens (including phenoxy) is 2. The third-order valence-electron chi connectivity index (χ3n) is 2.58. The van der Waals surface area contributed by atoms with Crippen LogP contribution in [0.15, 0.2) is 18.2 Å². The minimum absolute atomic E-state index is 0.0445. The lowest BCUT2D eigenvalue weighted by molar-refractivity contribution is -0.137. The molecule has 1 aromatic rings. The van der Waals surface area contributed by atoms with Gasteiger partial charge in [0.05, 0.1) is 20.3 Å². The number of carbonyl (C=O) groups excluding carboxylic acids is 1. The summed E-state index contributed by atoms with van der Waals surface area (Å²) in [6.07, 6.45) is 0. The molecule has 0 fully saturated rings. The molecule has 0 heterocycles. The molecule has 0 radical (unpaired) electrons. The van der Waals surface area contributed by atoms with Crippen LogP contribution in [0, 0.1) is 0 Å². The maximum absolute atomic E-state index is 11.3. The van der Waals surface area contributed by atoms with Crippen LogP contribution in [0.25, 0.3) is 0 Å². The van der Waals surface area contributed by atoms with E-state index in [1.165, 1.54) is 0 Å². The van der Waals surface area contributed by atoms with Crippen molar-refractivity contribution in [3.05, 3.63) is 23.8 Å². The van der Waals surface area contributed by atoms with Gasteiger partial charge in [-0.1, -0.05) is 6.07 Å². The number of hydrogen-bond acceptors (Lipinski definition) is 5. The maximum Gasteiger partial charge on any atom is 0.322 e. The highest BCUT2D eigenvalue weighted by Gasteiger charge is 2.06. The van der Waals surface area contributed by atoms with E-state index in [4.69, 9.17) is 14.6 Å². The number of carboxylic acid groups (broad SMARTS) is 1. The van der Waals surface area contributed by atoms with Gasteiger partial charge in [0, 0.05) is 6.54 Å². The highest BCUT2D eigenvalue weighted by atomic mass is 16.5. The number of methoxy groups -OCH3 is 1. The van der Waals surface area contributed by atoms with Crippen molar-refractivity contribution in [2.75, 3.05) is 26.8 Å². The van der Waals surface area contributed by atoms with Crippen molar-refractivity contribution < 1.29 is 24.2 Å². The number of rotatable bonds is 9. The van der Waals surface area contributed by atoms with Gasteiger partial charge in [-0.3, -0.25) is 9.59 Å². The van der Waals surface area contributed by atoms with Crippen molar-refractivity contribution >= 4 is 11.9 Å². The fourth-order valence-electron chi connectivity index (χ4n) is 1.65. The minimum atomic E-state index is -1.07. The molecule has 7 nitrogen and oxygen atoms in total. The quantitative estimate of drug-likeness (QED) is 0.610. The zero-order valence-electron chi connectivity index (χ0n) is 12.1. The molecule has 0 spiro atoms. The molecule has 0 bridgehead atoms. The van der Waals surface area contributed by atoms with E-state index in [9.17, 15) is 9.59 Å². The SMILES string of the molecule is CCOc1ccc(CNCC(=O)NCC(=O)O)cc1OC. The summed E-state index contributed by atoms with van der Waals surface area (Å²) in [7, 11) is 1.56. The fourth-order valence-corrected chi connectivity index (χ4v) is 1.65. The summed E-state index contributed by atoms with van der Waals surface area (Å²) in [5, 5.41) is 13.6. The Bertz CT molecular complexity index is 490. The lowest BCUT2D eigenvalue weighted by Gasteiger charge is -2.11. The fraction of sp³-hybridized carbons (Fsp3) is 0.429. The van der Waals surface area contributed by atoms with E-state index >= 15 is 0 Å². The Balaban J connectivity index is 2.45. The predicted octanol–water partition coefficient (Wildman–Crippen LogP) is 0.384. The molecule has 3 N–H and O–H groups in total. The zero-order chi connectivity index (χ0) is 15.7. The number of benzene rings is 1. The van der Waals surface area contributed by atoms with Crippen molar-refractivity contribution in [2.24, 2.45) is 0 Å². The van der Waals surface area contributed by atoms with Gasteiger partial charge in [0.25, 0.3) is 0 Å². The van der Waals surface area contributed by atoms with Crippen LogP contribution in [0.4, 0.5) is 0 Å². The van der Waals surface area contributed by atoms with Crippen LogP contribution in [-0.4, -0.2) is 43.8 Å². The number of carboxylic acids is 1. The topological polar surface area (TPSA) is 96.9 Å². The van der Waals surface area contributed by atoms with E-state index in [1.54, 1.807) is 7.11 Å². The third kappa shape index (κ3) is 6.13. The van der Waals surface area contributed by atoms with Crippen LogP contribution in [0.2, 0.25) is 0 Å². The summed E-state index contributed by atoms with van der Waals surface area (Å²) in [4.78, 5) is 21.6. The van der Waals surface area contributed by atoms with E-state index in [2.05, 4.69) is 10.6 Å². The summed E-state index contributed by atoms with van der Waals surface area (Å²) < 4.78 is 10.6. The molecule has 116 valence electrons. The van der Waals surface area contributed by atoms with E-state index in [1.807, 2.05) is 25.1 Å². The first kappa shape index (κ1) is 16.8. The average molecular weight is 296 g/mol. The van der Waals surface area contributed by atoms with Gasteiger partial charge < -0.3 is 25.2 Å². The third-order valence-corrected chi connectivity index (χ3v) is 2.58. The Morgan fingerprint density at radius 1 is 1.24 bits per heavy atom. The molecular formula is C14H20N2O5. The minimum Gasteiger partial charge on any atom is -0.493 e. The number of carbonyl (C=O) groups is 2. The number of nitrogens with one attached hydrogen (secondary N) is 2. The summed E-state index contributed by atoms with van der Waals surface area (Å²) in [5.41, 5.74) is 0.932. The summed E-state index contributed by atoms with van der Waals surface area (Å²) in [6, 6.07) is 5.51. The average Bonchev–Trinajstić information content (AvgIpc) is 2.46. The molecule has 0 aliphatic carbocycles. The smallest absolute Gasteiger partial charge is 0.322 e. The number of aliphatic carboxylic acids is 1. The molecule has 1 aromatic carbocycles. The van der Waals surface area contributed by atoms with E-state index in [0.717, 1.165) is 5.56 Å². The van der Waals surface area contributed by atoms with Crippen molar-refractivity contribution in [2.45, 2.75) is 13.5 Å². The first-order chi connectivity index (χ1) is 10.1. The Morgan fingerprint density at radius 2 is 2.00 bits per heavy atom. The van der Waals surface area contributed by atoms with E-state index < -0.39 is 5.97 Å². The van der Waals surface area contributed by atoms with Crippen LogP contribution < -0.4 is 20.1 Å². The van der Waals surface area contributed by atoms with Gasteiger partial charge in [0.2, 0.25) is 5.91 Å². The van der Waals surface area contributed by atoms with Crippen molar-refractivity contribution in [1.29, 1.82) is 0 Å². The van der Waals surface area contributed by atoms with Crippen LogP contribution in [0.1, 0.15) is 12.5 Å².